The molecule has 0 bridgehead atoms. The molecular formula is C102H127N27O14. The Kier molecular flexibility index (Phi) is 37.0. The molecule has 7 aromatic heterocycles. The molecule has 0 saturated carbocycles. The van der Waals surface area contributed by atoms with Crippen molar-refractivity contribution in [3.63, 3.8) is 0 Å². The van der Waals surface area contributed by atoms with Crippen LogP contribution in [0.1, 0.15) is 124 Å². The quantitative estimate of drug-likeness (QED) is 0.0148. The van der Waals surface area contributed by atoms with Gasteiger partial charge in [-0.25, -0.2) is 9.78 Å². The second-order valence-electron chi connectivity index (χ2n) is 36.0. The zero-order chi connectivity index (χ0) is 102. The molecule has 0 fully saturated rings. The van der Waals surface area contributed by atoms with Crippen LogP contribution in [-0.2, 0) is 107 Å². The van der Waals surface area contributed by atoms with Gasteiger partial charge in [0.15, 0.2) is 5.96 Å². The average molecular weight is 1960 g/mol. The number of rotatable bonds is 55. The maximum Gasteiger partial charge on any atom is 0.326 e. The number of carbonyl (C=O) groups excluding carboxylic acids is 12. The van der Waals surface area contributed by atoms with Crippen LogP contribution in [0, 0.1) is 5.41 Å². The minimum absolute atomic E-state index is 0.0175. The fourth-order valence-electron chi connectivity index (χ4n) is 17.7. The Labute approximate surface area is 823 Å². The largest absolute Gasteiger partial charge is 0.480 e. The molecule has 6 aromatic carbocycles. The Balaban J connectivity index is 0.728. The number of benzene rings is 6. The molecule has 0 aliphatic rings. The standard InChI is InChI=1S/C102H127N27O14/c1-57(89(130)125-85(45-62-52-114-76-31-12-6-25-69(62)76)99(140)129-88(101(142)143)47-64-54-116-78-33-14-8-27-71(64)78)118-92(133)79(34-15-18-38-103)121-94(135)81(36-17-20-40-105)123-97(138)86(46-63-53-115-77-32-13-7-26-70(63)77)127-100(141)87(48-65-55-109-56-117-65)128-98(139)84(44-61-51-113-75-30-11-5-24-68(61)75)124-90(131)58(2)119-96(137)83(43-60-50-112-74-29-10-4-23-67(60)74)126-95(136)82(37-21-41-110-102(107)108)122-93(134)80(35-16-19-39-104)120-91(132)72(106)42-59-49-111-73-28-9-3-22-66(59)73/h3-14,22-33,49-58,72,79-88,111-116H,15-21,34-48,103-106H2,1-2H3,(H,109,117)(H,118,133)(H,119,137)(H,120,132)(H,121,135)(H,122,134)(H,123,138)(H,124,131)(H,125,130)(H,126,136)(H,127,141)(H,128,139)(H,129,140)(H,142,143)(H4,107,108,110)/t57-,58-,72-,79-,80-,81-,82-,83-,84-,85-,86-,87-,88-/m0/s1. The van der Waals surface area contributed by atoms with E-state index in [9.17, 15) is 33.9 Å². The zero-order valence-corrected chi connectivity index (χ0v) is 79.6. The number of aliphatic carboxylic acids is 1. The van der Waals surface area contributed by atoms with Crippen LogP contribution < -0.4 is 97.8 Å². The summed E-state index contributed by atoms with van der Waals surface area (Å²) in [6.07, 6.45) is 14.2. The van der Waals surface area contributed by atoms with E-state index in [0.29, 0.717) is 92.6 Å². The van der Waals surface area contributed by atoms with E-state index in [1.165, 1.54) is 26.4 Å². The molecule has 32 N–H and O–H groups in total. The number of nitrogens with zero attached hydrogens (tertiary/aromatic N) is 1. The average Bonchev–Trinajstić information content (AvgIpc) is 1.72. The zero-order valence-electron chi connectivity index (χ0n) is 79.6. The van der Waals surface area contributed by atoms with E-state index >= 15 is 33.6 Å². The van der Waals surface area contributed by atoms with E-state index in [-0.39, 0.29) is 121 Å². The van der Waals surface area contributed by atoms with Crippen molar-refractivity contribution in [2.45, 2.75) is 208 Å². The summed E-state index contributed by atoms with van der Waals surface area (Å²) in [6.45, 7) is 3.50. The highest BCUT2D eigenvalue weighted by Crippen LogP contribution is 2.28. The summed E-state index contributed by atoms with van der Waals surface area (Å²) in [6, 6.07) is 25.3. The Bertz CT molecular complexity index is 6610. The molecule has 13 rings (SSSR count). The highest BCUT2D eigenvalue weighted by atomic mass is 16.4. The third-order valence-electron chi connectivity index (χ3n) is 25.6. The number of amides is 12. The molecule has 0 saturated heterocycles. The molecular weight excluding hydrogens is 1830 g/mol. The summed E-state index contributed by atoms with van der Waals surface area (Å²) in [5.74, 6) is -11.8. The maximum atomic E-state index is 15.7. The van der Waals surface area contributed by atoms with Crippen molar-refractivity contribution in [2.75, 3.05) is 26.2 Å². The number of carbonyl (C=O) groups is 13. The molecule has 143 heavy (non-hydrogen) atoms. The van der Waals surface area contributed by atoms with Crippen LogP contribution >= 0.6 is 0 Å². The SMILES string of the molecule is C[C@H](NC(=O)[C@H](CCCCN)NC(=O)[C@H](CCCCN)NC(=O)[C@H](Cc1c[nH]c2ccccc12)NC(=O)[C@H](Cc1c[nH]cn1)NC(=O)[C@H](Cc1c[nH]c2ccccc12)NC(=O)[C@H](C)NC(=O)[C@H](Cc1c[nH]c2ccccc12)NC(=O)[C@H](CCCNC(=N)N)NC(=O)[C@H](CCCCN)NC(=O)[C@@H](N)Cc1c[nH]c2ccccc12)C(=O)N[C@@H](Cc1c[nH]c2ccccc12)C(=O)N[C@@H](Cc1c[nH]c2ccccc12)C(=O)O. The summed E-state index contributed by atoms with van der Waals surface area (Å²) in [5, 5.41) is 59.0. The Hall–Kier alpha value is -16.0. The van der Waals surface area contributed by atoms with Crippen molar-refractivity contribution in [1.29, 1.82) is 5.41 Å². The van der Waals surface area contributed by atoms with Crippen LogP contribution in [0.15, 0.2) is 195 Å². The molecule has 0 unspecified atom stereocenters. The fraction of sp³-hybridized carbons (Fsp3) is 0.363. The highest BCUT2D eigenvalue weighted by Gasteiger charge is 2.39. The third kappa shape index (κ3) is 28.4. The van der Waals surface area contributed by atoms with Crippen molar-refractivity contribution >= 4 is 148 Å². The molecule has 13 atom stereocenters. The molecule has 41 heteroatoms. The molecule has 7 heterocycles. The smallest absolute Gasteiger partial charge is 0.326 e. The second-order valence-corrected chi connectivity index (χ2v) is 36.0. The number of unbranched alkanes of at least 4 members (excludes halogenated alkanes) is 3. The number of aromatic amines is 7. The first-order valence-corrected chi connectivity index (χ1v) is 48.2. The van der Waals surface area contributed by atoms with Gasteiger partial charge in [0.1, 0.15) is 72.5 Å². The fourth-order valence-corrected chi connectivity index (χ4v) is 17.7. The first-order chi connectivity index (χ1) is 69.1. The van der Waals surface area contributed by atoms with Gasteiger partial charge in [-0.1, -0.05) is 109 Å². The number of nitrogens with two attached hydrogens (primary N) is 5. The van der Waals surface area contributed by atoms with E-state index in [4.69, 9.17) is 34.1 Å². The van der Waals surface area contributed by atoms with Crippen LogP contribution in [0.4, 0.5) is 0 Å². The number of para-hydroxylation sites is 6. The number of H-pyrrole nitrogens is 7. The summed E-state index contributed by atoms with van der Waals surface area (Å²) in [5.41, 5.74) is 38.4. The topological polar surface area (TPSA) is 676 Å². The van der Waals surface area contributed by atoms with E-state index < -0.39 is 155 Å². The first kappa shape index (κ1) is 104. The third-order valence-corrected chi connectivity index (χ3v) is 25.6. The van der Waals surface area contributed by atoms with Crippen LogP contribution in [0.2, 0.25) is 0 Å². The van der Waals surface area contributed by atoms with E-state index in [2.05, 4.69) is 109 Å². The van der Waals surface area contributed by atoms with Gasteiger partial charge in [-0.3, -0.25) is 62.9 Å². The molecule has 0 aliphatic heterocycles. The van der Waals surface area contributed by atoms with Crippen molar-refractivity contribution in [3.05, 3.63) is 234 Å². The summed E-state index contributed by atoms with van der Waals surface area (Å²) in [7, 11) is 0. The van der Waals surface area contributed by atoms with E-state index in [1.54, 1.807) is 79.6 Å². The summed E-state index contributed by atoms with van der Waals surface area (Å²) in [4.78, 5) is 220. The molecule has 13 aromatic rings. The lowest BCUT2D eigenvalue weighted by molar-refractivity contribution is -0.142. The Morgan fingerprint density at radius 3 is 0.846 bits per heavy atom. The number of nitrogens with one attached hydrogen (secondary N) is 21. The number of guanidine groups is 1. The van der Waals surface area contributed by atoms with E-state index in [0.717, 1.165) is 38.3 Å². The molecule has 41 nitrogen and oxygen atoms in total. The Morgan fingerprint density at radius 2 is 0.552 bits per heavy atom. The number of aromatic nitrogens is 8. The van der Waals surface area contributed by atoms with Gasteiger partial charge < -0.3 is 138 Å². The van der Waals surface area contributed by atoms with Gasteiger partial charge in [-0.15, -0.1) is 0 Å². The van der Waals surface area contributed by atoms with Gasteiger partial charge in [-0.2, -0.15) is 0 Å². The first-order valence-electron chi connectivity index (χ1n) is 48.2. The van der Waals surface area contributed by atoms with Crippen LogP contribution in [0.5, 0.6) is 0 Å². The summed E-state index contributed by atoms with van der Waals surface area (Å²) < 4.78 is 0. The van der Waals surface area contributed by atoms with Gasteiger partial charge in [0.2, 0.25) is 70.9 Å². The Morgan fingerprint density at radius 1 is 0.308 bits per heavy atom. The number of hydrogen-bond donors (Lipinski definition) is 27. The monoisotopic (exact) mass is 1950 g/mol. The van der Waals surface area contributed by atoms with Crippen LogP contribution in [0.25, 0.3) is 65.4 Å². The van der Waals surface area contributed by atoms with Gasteiger partial charge in [-0.05, 0) is 180 Å². The van der Waals surface area contributed by atoms with Gasteiger partial charge >= 0.3 is 5.97 Å². The van der Waals surface area contributed by atoms with Crippen molar-refractivity contribution in [1.82, 2.24) is 109 Å². The number of imidazole rings is 1. The number of carboxylic acids is 1. The number of carboxylic acid groups (broad SMARTS) is 1. The second kappa shape index (κ2) is 50.7. The molecule has 0 spiro atoms. The summed E-state index contributed by atoms with van der Waals surface area (Å²) >= 11 is 0. The van der Waals surface area contributed by atoms with Gasteiger partial charge in [0, 0.05) is 154 Å². The van der Waals surface area contributed by atoms with E-state index in [1.807, 2.05) is 103 Å². The minimum atomic E-state index is -1.61. The van der Waals surface area contributed by atoms with Crippen LogP contribution in [0.3, 0.4) is 0 Å². The molecule has 12 amide bonds. The number of fused-ring (bicyclic) bond motifs is 6. The predicted octanol–water partition coefficient (Wildman–Crippen LogP) is 3.22. The van der Waals surface area contributed by atoms with Gasteiger partial charge in [0.25, 0.3) is 0 Å². The minimum Gasteiger partial charge on any atom is -0.480 e. The normalized spacial score (nSPS) is 14.2. The predicted molar refractivity (Wildman–Crippen MR) is 542 cm³/mol. The van der Waals surface area contributed by atoms with Crippen molar-refractivity contribution < 1.29 is 67.4 Å². The maximum absolute atomic E-state index is 15.7. The molecule has 0 aliphatic carbocycles. The van der Waals surface area contributed by atoms with Crippen LogP contribution in [-0.4, -0.2) is 233 Å². The van der Waals surface area contributed by atoms with Crippen molar-refractivity contribution in [3.8, 4) is 0 Å². The lowest BCUT2D eigenvalue weighted by Gasteiger charge is -2.28. The van der Waals surface area contributed by atoms with Crippen molar-refractivity contribution in [2.24, 2.45) is 28.7 Å². The van der Waals surface area contributed by atoms with Gasteiger partial charge in [0.05, 0.1) is 18.1 Å². The number of hydrogen-bond acceptors (Lipinski definition) is 19. The highest BCUT2D eigenvalue weighted by molar-refractivity contribution is 6.02. The lowest BCUT2D eigenvalue weighted by Crippen LogP contribution is -2.61. The molecule has 0 radical (unpaired) electrons. The lowest BCUT2D eigenvalue weighted by atomic mass is 10.0. The molecule has 754 valence electrons.